The standard InChI is InChI=1S/C21H23NO5/c1-13(21(25)26)20(15-7-5-4-6-8-15)22-19(24)12-17-11-16(14(2)23)9-10-18(17)27-3/h4-11,13,20H,12H2,1-3H3,(H,22,24)(H,25,26). The van der Waals surface area contributed by atoms with Crippen LogP contribution in [0.5, 0.6) is 5.75 Å². The number of ether oxygens (including phenoxy) is 1. The van der Waals surface area contributed by atoms with Crippen molar-refractivity contribution >= 4 is 17.7 Å². The molecule has 2 unspecified atom stereocenters. The maximum atomic E-state index is 12.6. The molecular formula is C21H23NO5. The van der Waals surface area contributed by atoms with E-state index in [9.17, 15) is 19.5 Å². The Kier molecular flexibility index (Phi) is 6.71. The molecule has 1 amide bonds. The number of benzene rings is 2. The predicted octanol–water partition coefficient (Wildman–Crippen LogP) is 3.02. The molecule has 142 valence electrons. The molecule has 27 heavy (non-hydrogen) atoms. The number of carboxylic acid groups (broad SMARTS) is 1. The molecule has 0 saturated carbocycles. The molecule has 2 aromatic carbocycles. The third-order valence-electron chi connectivity index (χ3n) is 4.40. The van der Waals surface area contributed by atoms with Gasteiger partial charge in [-0.2, -0.15) is 0 Å². The predicted molar refractivity (Wildman–Crippen MR) is 101 cm³/mol. The summed E-state index contributed by atoms with van der Waals surface area (Å²) in [6.07, 6.45) is -0.0278. The summed E-state index contributed by atoms with van der Waals surface area (Å²) in [4.78, 5) is 35.7. The van der Waals surface area contributed by atoms with Crippen LogP contribution in [-0.2, 0) is 16.0 Å². The van der Waals surface area contributed by atoms with Crippen LogP contribution in [0.1, 0.15) is 41.4 Å². The third kappa shape index (κ3) is 5.17. The molecule has 0 radical (unpaired) electrons. The number of rotatable bonds is 8. The lowest BCUT2D eigenvalue weighted by molar-refractivity contribution is -0.142. The first-order chi connectivity index (χ1) is 12.8. The zero-order valence-corrected chi connectivity index (χ0v) is 15.6. The van der Waals surface area contributed by atoms with Gasteiger partial charge in [0, 0.05) is 11.1 Å². The number of amides is 1. The minimum absolute atomic E-state index is 0.0278. The van der Waals surface area contributed by atoms with Crippen LogP contribution in [0.4, 0.5) is 0 Å². The lowest BCUT2D eigenvalue weighted by Crippen LogP contribution is -2.36. The normalized spacial score (nSPS) is 12.7. The highest BCUT2D eigenvalue weighted by molar-refractivity contribution is 5.94. The van der Waals surface area contributed by atoms with Gasteiger partial charge >= 0.3 is 5.97 Å². The topological polar surface area (TPSA) is 92.7 Å². The van der Waals surface area contributed by atoms with E-state index in [1.165, 1.54) is 14.0 Å². The molecule has 0 aliphatic rings. The average Bonchev–Trinajstić information content (AvgIpc) is 2.66. The van der Waals surface area contributed by atoms with E-state index >= 15 is 0 Å². The van der Waals surface area contributed by atoms with E-state index in [0.717, 1.165) is 0 Å². The molecule has 2 aromatic rings. The van der Waals surface area contributed by atoms with Gasteiger partial charge in [-0.05, 0) is 37.6 Å². The summed E-state index contributed by atoms with van der Waals surface area (Å²) in [5.41, 5.74) is 1.76. The highest BCUT2D eigenvalue weighted by atomic mass is 16.5. The van der Waals surface area contributed by atoms with Gasteiger partial charge in [-0.3, -0.25) is 14.4 Å². The number of carbonyl (C=O) groups is 3. The van der Waals surface area contributed by atoms with Gasteiger partial charge in [0.2, 0.25) is 5.91 Å². The zero-order chi connectivity index (χ0) is 20.0. The first kappa shape index (κ1) is 20.2. The summed E-state index contributed by atoms with van der Waals surface area (Å²) in [7, 11) is 1.49. The molecule has 2 atom stereocenters. The number of methoxy groups -OCH3 is 1. The Labute approximate surface area is 158 Å². The summed E-state index contributed by atoms with van der Waals surface area (Å²) in [6.45, 7) is 3.00. The van der Waals surface area contributed by atoms with E-state index < -0.39 is 17.9 Å². The number of hydrogen-bond donors (Lipinski definition) is 2. The first-order valence-corrected chi connectivity index (χ1v) is 8.58. The Balaban J connectivity index is 2.25. The van der Waals surface area contributed by atoms with Crippen molar-refractivity contribution in [1.29, 1.82) is 0 Å². The first-order valence-electron chi connectivity index (χ1n) is 8.58. The molecule has 0 saturated heterocycles. The number of Topliss-reactive ketones (excluding diaryl/α,β-unsaturated/α-hetero) is 1. The molecule has 6 nitrogen and oxygen atoms in total. The van der Waals surface area contributed by atoms with Crippen LogP contribution in [0, 0.1) is 5.92 Å². The van der Waals surface area contributed by atoms with Crippen LogP contribution in [0.25, 0.3) is 0 Å². The number of carboxylic acids is 1. The van der Waals surface area contributed by atoms with Crippen LogP contribution in [0.15, 0.2) is 48.5 Å². The summed E-state index contributed by atoms with van der Waals surface area (Å²) in [6, 6.07) is 13.2. The molecule has 0 aliphatic carbocycles. The van der Waals surface area contributed by atoms with Crippen LogP contribution in [0.2, 0.25) is 0 Å². The molecule has 0 fully saturated rings. The van der Waals surface area contributed by atoms with Gasteiger partial charge in [0.15, 0.2) is 5.78 Å². The SMILES string of the molecule is COc1ccc(C(C)=O)cc1CC(=O)NC(c1ccccc1)C(C)C(=O)O. The highest BCUT2D eigenvalue weighted by Gasteiger charge is 2.27. The molecule has 0 heterocycles. The molecule has 0 spiro atoms. The number of nitrogens with one attached hydrogen (secondary N) is 1. The maximum Gasteiger partial charge on any atom is 0.308 e. The molecule has 0 aliphatic heterocycles. The van der Waals surface area contributed by atoms with Gasteiger partial charge in [0.05, 0.1) is 25.5 Å². The second-order valence-electron chi connectivity index (χ2n) is 6.34. The minimum atomic E-state index is -1.000. The van der Waals surface area contributed by atoms with Gasteiger partial charge in [-0.25, -0.2) is 0 Å². The molecule has 2 rings (SSSR count). The zero-order valence-electron chi connectivity index (χ0n) is 15.6. The van der Waals surface area contributed by atoms with Gasteiger partial charge in [-0.15, -0.1) is 0 Å². The number of hydrogen-bond acceptors (Lipinski definition) is 4. The van der Waals surface area contributed by atoms with Crippen molar-refractivity contribution in [3.05, 3.63) is 65.2 Å². The smallest absolute Gasteiger partial charge is 0.308 e. The van der Waals surface area contributed by atoms with Crippen LogP contribution < -0.4 is 10.1 Å². The molecule has 0 bridgehead atoms. The second-order valence-corrected chi connectivity index (χ2v) is 6.34. The maximum absolute atomic E-state index is 12.6. The van der Waals surface area contributed by atoms with Crippen molar-refractivity contribution in [2.45, 2.75) is 26.3 Å². The van der Waals surface area contributed by atoms with Crippen LogP contribution in [-0.4, -0.2) is 29.9 Å². The summed E-state index contributed by atoms with van der Waals surface area (Å²) >= 11 is 0. The number of ketones is 1. The summed E-state index contributed by atoms with van der Waals surface area (Å²) < 4.78 is 5.27. The highest BCUT2D eigenvalue weighted by Crippen LogP contribution is 2.24. The van der Waals surface area contributed by atoms with Crippen LogP contribution in [0.3, 0.4) is 0 Å². The van der Waals surface area contributed by atoms with Crippen molar-refractivity contribution in [1.82, 2.24) is 5.32 Å². The molecule has 0 aromatic heterocycles. The van der Waals surface area contributed by atoms with Crippen molar-refractivity contribution in [3.63, 3.8) is 0 Å². The van der Waals surface area contributed by atoms with Crippen molar-refractivity contribution in [2.24, 2.45) is 5.92 Å². The Morgan fingerprint density at radius 3 is 2.33 bits per heavy atom. The van der Waals surface area contributed by atoms with Crippen LogP contribution >= 0.6 is 0 Å². The Hall–Kier alpha value is -3.15. The van der Waals surface area contributed by atoms with Crippen molar-refractivity contribution in [3.8, 4) is 5.75 Å². The fourth-order valence-electron chi connectivity index (χ4n) is 2.83. The van der Waals surface area contributed by atoms with Crippen molar-refractivity contribution in [2.75, 3.05) is 7.11 Å². The minimum Gasteiger partial charge on any atom is -0.496 e. The van der Waals surface area contributed by atoms with E-state index in [4.69, 9.17) is 4.74 Å². The molecule has 2 N–H and O–H groups in total. The lowest BCUT2D eigenvalue weighted by atomic mass is 9.94. The van der Waals surface area contributed by atoms with Gasteiger partial charge < -0.3 is 15.2 Å². The Bertz CT molecular complexity index is 832. The summed E-state index contributed by atoms with van der Waals surface area (Å²) in [5, 5.41) is 12.2. The van der Waals surface area contributed by atoms with E-state index in [1.54, 1.807) is 49.4 Å². The second kappa shape index (κ2) is 8.98. The number of aliphatic carboxylic acids is 1. The summed E-state index contributed by atoms with van der Waals surface area (Å²) in [5.74, 6) is -1.77. The Morgan fingerprint density at radius 1 is 1.11 bits per heavy atom. The van der Waals surface area contributed by atoms with Gasteiger partial charge in [0.25, 0.3) is 0 Å². The van der Waals surface area contributed by atoms with E-state index in [-0.39, 0.29) is 18.1 Å². The monoisotopic (exact) mass is 369 g/mol. The van der Waals surface area contributed by atoms with Gasteiger partial charge in [0.1, 0.15) is 5.75 Å². The van der Waals surface area contributed by atoms with E-state index in [1.807, 2.05) is 6.07 Å². The fourth-order valence-corrected chi connectivity index (χ4v) is 2.83. The largest absolute Gasteiger partial charge is 0.496 e. The molecule has 6 heteroatoms. The quantitative estimate of drug-likeness (QED) is 0.698. The van der Waals surface area contributed by atoms with E-state index in [0.29, 0.717) is 22.4 Å². The van der Waals surface area contributed by atoms with Crippen molar-refractivity contribution < 1.29 is 24.2 Å². The van der Waals surface area contributed by atoms with Gasteiger partial charge in [-0.1, -0.05) is 30.3 Å². The third-order valence-corrected chi connectivity index (χ3v) is 4.40. The fraction of sp³-hybridized carbons (Fsp3) is 0.286. The Morgan fingerprint density at radius 2 is 1.78 bits per heavy atom. The van der Waals surface area contributed by atoms with E-state index in [2.05, 4.69) is 5.32 Å². The molecular weight excluding hydrogens is 346 g/mol. The lowest BCUT2D eigenvalue weighted by Gasteiger charge is -2.23. The average molecular weight is 369 g/mol. The number of carbonyl (C=O) groups excluding carboxylic acids is 2.